The van der Waals surface area contributed by atoms with Crippen LogP contribution in [-0.4, -0.2) is 9.97 Å². The molecule has 0 spiro atoms. The van der Waals surface area contributed by atoms with Gasteiger partial charge in [-0.15, -0.1) is 0 Å². The van der Waals surface area contributed by atoms with Crippen molar-refractivity contribution >= 4 is 5.82 Å². The Balaban J connectivity index is 2.54. The van der Waals surface area contributed by atoms with Gasteiger partial charge >= 0.3 is 5.69 Å². The Bertz CT molecular complexity index is 528. The summed E-state index contributed by atoms with van der Waals surface area (Å²) in [6.45, 7) is 2.01. The monoisotopic (exact) mass is 201 g/mol. The first-order valence-electron chi connectivity index (χ1n) is 4.59. The highest BCUT2D eigenvalue weighted by molar-refractivity contribution is 5.61. The van der Waals surface area contributed by atoms with Crippen LogP contribution >= 0.6 is 0 Å². The number of nitrogens with one attached hydrogen (secondary N) is 1. The Hall–Kier alpha value is -2.10. The van der Waals surface area contributed by atoms with Crippen LogP contribution in [0.5, 0.6) is 0 Å². The van der Waals surface area contributed by atoms with Crippen molar-refractivity contribution in [2.45, 2.75) is 6.92 Å². The van der Waals surface area contributed by atoms with Gasteiger partial charge in [0.25, 0.3) is 0 Å². The molecule has 0 saturated carbocycles. The van der Waals surface area contributed by atoms with Gasteiger partial charge in [0.15, 0.2) is 0 Å². The summed E-state index contributed by atoms with van der Waals surface area (Å²) in [5.74, 6) is 0.231. The van der Waals surface area contributed by atoms with E-state index in [1.54, 1.807) is 6.07 Å². The average molecular weight is 201 g/mol. The van der Waals surface area contributed by atoms with Crippen LogP contribution in [-0.2, 0) is 0 Å². The standard InChI is InChI=1S/C11H11N3O/c1-7-2-4-8(5-3-7)9-6-10(12)14-11(15)13-9/h2-6H,1H3,(H3,12,13,14,15). The molecule has 15 heavy (non-hydrogen) atoms. The van der Waals surface area contributed by atoms with E-state index in [1.165, 1.54) is 5.56 Å². The number of hydrogen-bond donors (Lipinski definition) is 2. The largest absolute Gasteiger partial charge is 0.383 e. The number of benzene rings is 1. The minimum absolute atomic E-state index is 0.231. The fourth-order valence-corrected chi connectivity index (χ4v) is 1.37. The molecule has 0 fully saturated rings. The molecule has 0 unspecified atom stereocenters. The number of nitrogens with zero attached hydrogens (tertiary/aromatic N) is 1. The van der Waals surface area contributed by atoms with Crippen molar-refractivity contribution in [2.24, 2.45) is 0 Å². The molecule has 0 radical (unpaired) electrons. The van der Waals surface area contributed by atoms with Gasteiger partial charge in [0, 0.05) is 6.07 Å². The van der Waals surface area contributed by atoms with Gasteiger partial charge in [-0.05, 0) is 12.5 Å². The molecule has 0 aliphatic carbocycles. The zero-order valence-corrected chi connectivity index (χ0v) is 8.32. The third kappa shape index (κ3) is 2.04. The molecule has 0 saturated heterocycles. The average Bonchev–Trinajstić information content (AvgIpc) is 2.17. The summed E-state index contributed by atoms with van der Waals surface area (Å²) in [6.07, 6.45) is 0. The second-order valence-corrected chi connectivity index (χ2v) is 3.39. The minimum atomic E-state index is -0.425. The van der Waals surface area contributed by atoms with Gasteiger partial charge in [-0.3, -0.25) is 0 Å². The maximum absolute atomic E-state index is 11.1. The van der Waals surface area contributed by atoms with E-state index in [1.807, 2.05) is 31.2 Å². The van der Waals surface area contributed by atoms with Crippen molar-refractivity contribution in [1.29, 1.82) is 0 Å². The van der Waals surface area contributed by atoms with Crippen LogP contribution in [0, 0.1) is 6.92 Å². The lowest BCUT2D eigenvalue weighted by Gasteiger charge is -2.02. The van der Waals surface area contributed by atoms with Crippen LogP contribution in [0.3, 0.4) is 0 Å². The number of aromatic amines is 1. The Labute approximate surface area is 86.8 Å². The number of nitrogens with two attached hydrogens (primary N) is 1. The van der Waals surface area contributed by atoms with Gasteiger partial charge in [0.2, 0.25) is 0 Å². The van der Waals surface area contributed by atoms with Crippen LogP contribution < -0.4 is 11.4 Å². The fourth-order valence-electron chi connectivity index (χ4n) is 1.37. The number of nitrogen functional groups attached to an aromatic ring is 1. The van der Waals surface area contributed by atoms with Crippen LogP contribution in [0.4, 0.5) is 5.82 Å². The Morgan fingerprint density at radius 3 is 2.53 bits per heavy atom. The van der Waals surface area contributed by atoms with Gasteiger partial charge in [-0.1, -0.05) is 29.8 Å². The first kappa shape index (κ1) is 9.45. The predicted octanol–water partition coefficient (Wildman–Crippen LogP) is 1.33. The number of aromatic nitrogens is 2. The van der Waals surface area contributed by atoms with Crippen molar-refractivity contribution in [2.75, 3.05) is 5.73 Å². The maximum atomic E-state index is 11.1. The first-order chi connectivity index (χ1) is 7.15. The number of aryl methyl sites for hydroxylation is 1. The molecule has 1 heterocycles. The van der Waals surface area contributed by atoms with E-state index < -0.39 is 5.69 Å². The topological polar surface area (TPSA) is 71.8 Å². The highest BCUT2D eigenvalue weighted by atomic mass is 16.1. The second kappa shape index (κ2) is 3.57. The molecule has 1 aromatic carbocycles. The lowest BCUT2D eigenvalue weighted by atomic mass is 10.1. The molecule has 0 atom stereocenters. The zero-order valence-electron chi connectivity index (χ0n) is 8.32. The van der Waals surface area contributed by atoms with Crippen molar-refractivity contribution in [1.82, 2.24) is 9.97 Å². The summed E-state index contributed by atoms with van der Waals surface area (Å²) in [6, 6.07) is 9.46. The van der Waals surface area contributed by atoms with E-state index in [2.05, 4.69) is 9.97 Å². The summed E-state index contributed by atoms with van der Waals surface area (Å²) in [4.78, 5) is 17.3. The van der Waals surface area contributed by atoms with Gasteiger partial charge in [-0.25, -0.2) is 4.79 Å². The molecule has 0 amide bonds. The van der Waals surface area contributed by atoms with E-state index in [9.17, 15) is 4.79 Å². The summed E-state index contributed by atoms with van der Waals surface area (Å²) in [7, 11) is 0. The van der Waals surface area contributed by atoms with E-state index >= 15 is 0 Å². The minimum Gasteiger partial charge on any atom is -0.383 e. The summed E-state index contributed by atoms with van der Waals surface area (Å²) >= 11 is 0. The van der Waals surface area contributed by atoms with Crippen molar-refractivity contribution < 1.29 is 0 Å². The van der Waals surface area contributed by atoms with Crippen LogP contribution in [0.1, 0.15) is 5.56 Å². The molecule has 76 valence electrons. The summed E-state index contributed by atoms with van der Waals surface area (Å²) in [5.41, 5.74) is 7.85. The third-order valence-electron chi connectivity index (χ3n) is 2.13. The van der Waals surface area contributed by atoms with E-state index in [0.717, 1.165) is 5.56 Å². The van der Waals surface area contributed by atoms with Gasteiger partial charge in [0.05, 0.1) is 5.69 Å². The molecule has 2 rings (SSSR count). The smallest absolute Gasteiger partial charge is 0.347 e. The summed E-state index contributed by atoms with van der Waals surface area (Å²) in [5, 5.41) is 0. The lowest BCUT2D eigenvalue weighted by molar-refractivity contribution is 1.09. The highest BCUT2D eigenvalue weighted by Gasteiger charge is 2.00. The normalized spacial score (nSPS) is 10.2. The second-order valence-electron chi connectivity index (χ2n) is 3.39. The van der Waals surface area contributed by atoms with E-state index in [4.69, 9.17) is 5.73 Å². The molecular weight excluding hydrogens is 190 g/mol. The molecular formula is C11H11N3O. The lowest BCUT2D eigenvalue weighted by Crippen LogP contribution is -2.12. The van der Waals surface area contributed by atoms with Crippen LogP contribution in [0.2, 0.25) is 0 Å². The fraction of sp³-hybridized carbons (Fsp3) is 0.0909. The van der Waals surface area contributed by atoms with Crippen molar-refractivity contribution in [3.05, 3.63) is 46.4 Å². The number of anilines is 1. The Morgan fingerprint density at radius 2 is 1.93 bits per heavy atom. The molecule has 0 bridgehead atoms. The van der Waals surface area contributed by atoms with Crippen LogP contribution in [0.15, 0.2) is 35.1 Å². The molecule has 0 aliphatic rings. The summed E-state index contributed by atoms with van der Waals surface area (Å²) < 4.78 is 0. The SMILES string of the molecule is Cc1ccc(-c2cc(N)nc(=O)[nH]2)cc1. The third-order valence-corrected chi connectivity index (χ3v) is 2.13. The molecule has 1 aromatic heterocycles. The first-order valence-corrected chi connectivity index (χ1v) is 4.59. The predicted molar refractivity (Wildman–Crippen MR) is 59.4 cm³/mol. The van der Waals surface area contributed by atoms with E-state index in [-0.39, 0.29) is 5.82 Å². The van der Waals surface area contributed by atoms with Gasteiger partial charge in [0.1, 0.15) is 5.82 Å². The number of H-pyrrole nitrogens is 1. The zero-order chi connectivity index (χ0) is 10.8. The van der Waals surface area contributed by atoms with Crippen molar-refractivity contribution in [3.8, 4) is 11.3 Å². The highest BCUT2D eigenvalue weighted by Crippen LogP contribution is 2.16. The molecule has 4 nitrogen and oxygen atoms in total. The van der Waals surface area contributed by atoms with Crippen molar-refractivity contribution in [3.63, 3.8) is 0 Å². The number of hydrogen-bond acceptors (Lipinski definition) is 3. The molecule has 4 heteroatoms. The Morgan fingerprint density at radius 1 is 1.27 bits per heavy atom. The van der Waals surface area contributed by atoms with E-state index in [0.29, 0.717) is 5.69 Å². The molecule has 0 aliphatic heterocycles. The van der Waals surface area contributed by atoms with Gasteiger partial charge in [-0.2, -0.15) is 4.98 Å². The number of rotatable bonds is 1. The van der Waals surface area contributed by atoms with Gasteiger partial charge < -0.3 is 10.7 Å². The van der Waals surface area contributed by atoms with Crippen LogP contribution in [0.25, 0.3) is 11.3 Å². The molecule has 3 N–H and O–H groups in total. The quantitative estimate of drug-likeness (QED) is 0.731. The maximum Gasteiger partial charge on any atom is 0.347 e. The molecule has 2 aromatic rings. The Kier molecular flexibility index (Phi) is 2.25.